The first-order valence-corrected chi connectivity index (χ1v) is 6.48. The number of rotatable bonds is 9. The van der Waals surface area contributed by atoms with Gasteiger partial charge in [-0.05, 0) is 38.0 Å². The summed E-state index contributed by atoms with van der Waals surface area (Å²) < 4.78 is 16.5. The van der Waals surface area contributed by atoms with Crippen LogP contribution in [0.2, 0.25) is 0 Å². The maximum Gasteiger partial charge on any atom is 0.161 e. The minimum Gasteiger partial charge on any atom is -0.490 e. The second kappa shape index (κ2) is 8.78. The van der Waals surface area contributed by atoms with Crippen molar-refractivity contribution >= 4 is 0 Å². The molecule has 0 aromatic heterocycles. The molecule has 0 spiro atoms. The van der Waals surface area contributed by atoms with E-state index in [9.17, 15) is 0 Å². The van der Waals surface area contributed by atoms with Crippen molar-refractivity contribution in [2.24, 2.45) is 5.73 Å². The molecular formula is C14H23NO3. The van der Waals surface area contributed by atoms with Gasteiger partial charge in [-0.3, -0.25) is 0 Å². The van der Waals surface area contributed by atoms with Crippen molar-refractivity contribution in [1.82, 2.24) is 0 Å². The van der Waals surface area contributed by atoms with Crippen LogP contribution in [0.3, 0.4) is 0 Å². The summed E-state index contributed by atoms with van der Waals surface area (Å²) in [6.45, 7) is 7.04. The van der Waals surface area contributed by atoms with Crippen LogP contribution < -0.4 is 15.2 Å². The topological polar surface area (TPSA) is 53.7 Å². The minimum atomic E-state index is 0.563. The van der Waals surface area contributed by atoms with Crippen LogP contribution in [0, 0.1) is 0 Å². The van der Waals surface area contributed by atoms with Crippen LogP contribution >= 0.6 is 0 Å². The van der Waals surface area contributed by atoms with E-state index in [-0.39, 0.29) is 0 Å². The predicted molar refractivity (Wildman–Crippen MR) is 72.4 cm³/mol. The molecule has 1 aromatic rings. The third kappa shape index (κ3) is 4.94. The molecule has 0 aliphatic heterocycles. The van der Waals surface area contributed by atoms with Crippen molar-refractivity contribution in [3.63, 3.8) is 0 Å². The molecule has 0 amide bonds. The molecule has 18 heavy (non-hydrogen) atoms. The van der Waals surface area contributed by atoms with Gasteiger partial charge < -0.3 is 19.9 Å². The van der Waals surface area contributed by atoms with Crippen molar-refractivity contribution in [2.75, 3.05) is 33.0 Å². The number of benzene rings is 1. The standard InChI is InChI=1S/C14H23NO3/c1-3-17-13-6-5-12(7-9-16-10-8-15)11-14(13)18-4-2/h5-6,11H,3-4,7-10,15H2,1-2H3. The van der Waals surface area contributed by atoms with Gasteiger partial charge >= 0.3 is 0 Å². The van der Waals surface area contributed by atoms with Crippen molar-refractivity contribution in [1.29, 1.82) is 0 Å². The molecule has 1 rings (SSSR count). The van der Waals surface area contributed by atoms with Gasteiger partial charge in [0.2, 0.25) is 0 Å². The Hall–Kier alpha value is -1.26. The summed E-state index contributed by atoms with van der Waals surface area (Å²) in [5.41, 5.74) is 6.54. The molecule has 4 heteroatoms. The fraction of sp³-hybridized carbons (Fsp3) is 0.571. The van der Waals surface area contributed by atoms with Gasteiger partial charge in [0.1, 0.15) is 0 Å². The van der Waals surface area contributed by atoms with E-state index in [1.165, 1.54) is 5.56 Å². The second-order valence-electron chi connectivity index (χ2n) is 3.80. The average Bonchev–Trinajstić information content (AvgIpc) is 2.38. The molecule has 102 valence electrons. The Bertz CT molecular complexity index is 342. The fourth-order valence-electron chi connectivity index (χ4n) is 1.63. The van der Waals surface area contributed by atoms with Gasteiger partial charge in [-0.2, -0.15) is 0 Å². The zero-order valence-corrected chi connectivity index (χ0v) is 11.3. The summed E-state index contributed by atoms with van der Waals surface area (Å²) in [6, 6.07) is 6.01. The first kappa shape index (κ1) is 14.8. The Balaban J connectivity index is 2.61. The van der Waals surface area contributed by atoms with Gasteiger partial charge in [-0.15, -0.1) is 0 Å². The Morgan fingerprint density at radius 3 is 2.39 bits per heavy atom. The lowest BCUT2D eigenvalue weighted by Gasteiger charge is -2.12. The minimum absolute atomic E-state index is 0.563. The molecule has 0 fully saturated rings. The summed E-state index contributed by atoms with van der Waals surface area (Å²) >= 11 is 0. The first-order valence-electron chi connectivity index (χ1n) is 6.48. The molecule has 0 aliphatic rings. The van der Waals surface area contributed by atoms with E-state index in [2.05, 4.69) is 0 Å². The van der Waals surface area contributed by atoms with Gasteiger partial charge in [0.25, 0.3) is 0 Å². The van der Waals surface area contributed by atoms with Gasteiger partial charge in [0, 0.05) is 6.54 Å². The van der Waals surface area contributed by atoms with E-state index in [1.54, 1.807) is 0 Å². The highest BCUT2D eigenvalue weighted by Crippen LogP contribution is 2.28. The lowest BCUT2D eigenvalue weighted by molar-refractivity contribution is 0.144. The van der Waals surface area contributed by atoms with Crippen LogP contribution in [-0.4, -0.2) is 33.0 Å². The first-order chi connectivity index (χ1) is 8.81. The summed E-state index contributed by atoms with van der Waals surface area (Å²) in [4.78, 5) is 0. The summed E-state index contributed by atoms with van der Waals surface area (Å²) in [5.74, 6) is 1.60. The number of ether oxygens (including phenoxy) is 3. The quantitative estimate of drug-likeness (QED) is 0.684. The highest BCUT2D eigenvalue weighted by atomic mass is 16.5. The van der Waals surface area contributed by atoms with Crippen molar-refractivity contribution in [3.8, 4) is 11.5 Å². The summed E-state index contributed by atoms with van der Waals surface area (Å²) in [5, 5.41) is 0. The van der Waals surface area contributed by atoms with Crippen LogP contribution in [0.25, 0.3) is 0 Å². The SMILES string of the molecule is CCOc1ccc(CCOCCN)cc1OCC. The van der Waals surface area contributed by atoms with Crippen LogP contribution in [0.15, 0.2) is 18.2 Å². The van der Waals surface area contributed by atoms with E-state index in [1.807, 2.05) is 32.0 Å². The molecule has 0 aliphatic carbocycles. The molecule has 0 bridgehead atoms. The molecule has 0 saturated carbocycles. The Morgan fingerprint density at radius 2 is 1.72 bits per heavy atom. The molecule has 0 unspecified atom stereocenters. The summed E-state index contributed by atoms with van der Waals surface area (Å²) in [7, 11) is 0. The highest BCUT2D eigenvalue weighted by molar-refractivity contribution is 5.43. The van der Waals surface area contributed by atoms with Gasteiger partial charge in [0.15, 0.2) is 11.5 Å². The fourth-order valence-corrected chi connectivity index (χ4v) is 1.63. The molecule has 0 heterocycles. The lowest BCUT2D eigenvalue weighted by atomic mass is 10.1. The summed E-state index contributed by atoms with van der Waals surface area (Å²) in [6.07, 6.45) is 0.854. The van der Waals surface area contributed by atoms with Gasteiger partial charge in [-0.1, -0.05) is 6.07 Å². The molecule has 1 aromatic carbocycles. The van der Waals surface area contributed by atoms with Crippen LogP contribution in [0.5, 0.6) is 11.5 Å². The average molecular weight is 253 g/mol. The maximum atomic E-state index is 5.57. The Kier molecular flexibility index (Phi) is 7.22. The monoisotopic (exact) mass is 253 g/mol. The van der Waals surface area contributed by atoms with E-state index >= 15 is 0 Å². The zero-order valence-electron chi connectivity index (χ0n) is 11.3. The normalized spacial score (nSPS) is 10.4. The number of nitrogens with two attached hydrogens (primary N) is 1. The molecular weight excluding hydrogens is 230 g/mol. The van der Waals surface area contributed by atoms with Crippen LogP contribution in [0.4, 0.5) is 0 Å². The number of hydrogen-bond donors (Lipinski definition) is 1. The number of hydrogen-bond acceptors (Lipinski definition) is 4. The Morgan fingerprint density at radius 1 is 1.00 bits per heavy atom. The van der Waals surface area contributed by atoms with E-state index < -0.39 is 0 Å². The van der Waals surface area contributed by atoms with E-state index in [0.29, 0.717) is 33.0 Å². The van der Waals surface area contributed by atoms with Gasteiger partial charge in [0.05, 0.1) is 26.4 Å². The molecule has 4 nitrogen and oxygen atoms in total. The van der Waals surface area contributed by atoms with Gasteiger partial charge in [-0.25, -0.2) is 0 Å². The third-order valence-corrected chi connectivity index (χ3v) is 2.41. The van der Waals surface area contributed by atoms with E-state index in [0.717, 1.165) is 17.9 Å². The van der Waals surface area contributed by atoms with Crippen LogP contribution in [-0.2, 0) is 11.2 Å². The smallest absolute Gasteiger partial charge is 0.161 e. The zero-order chi connectivity index (χ0) is 13.2. The van der Waals surface area contributed by atoms with Crippen molar-refractivity contribution < 1.29 is 14.2 Å². The van der Waals surface area contributed by atoms with Crippen molar-refractivity contribution in [3.05, 3.63) is 23.8 Å². The lowest BCUT2D eigenvalue weighted by Crippen LogP contribution is -2.10. The second-order valence-corrected chi connectivity index (χ2v) is 3.80. The van der Waals surface area contributed by atoms with E-state index in [4.69, 9.17) is 19.9 Å². The molecule has 2 N–H and O–H groups in total. The molecule has 0 saturated heterocycles. The third-order valence-electron chi connectivity index (χ3n) is 2.41. The highest BCUT2D eigenvalue weighted by Gasteiger charge is 2.05. The predicted octanol–water partition coefficient (Wildman–Crippen LogP) is 2.00. The van der Waals surface area contributed by atoms with Crippen LogP contribution in [0.1, 0.15) is 19.4 Å². The molecule has 0 atom stereocenters. The maximum absolute atomic E-state index is 5.57. The molecule has 0 radical (unpaired) electrons. The van der Waals surface area contributed by atoms with Crippen molar-refractivity contribution in [2.45, 2.75) is 20.3 Å². The Labute approximate surface area is 109 Å². The largest absolute Gasteiger partial charge is 0.490 e.